The molecule has 0 aromatic carbocycles. The van der Waals surface area contributed by atoms with E-state index in [1.54, 1.807) is 0 Å². The van der Waals surface area contributed by atoms with Crippen LogP contribution in [0.1, 0.15) is 17.1 Å². The SMILES string of the molecule is Cc1cnc2c(c1)nc(CCCl)n2CCc1ccccn1. The molecule has 0 unspecified atom stereocenters. The Kier molecular flexibility index (Phi) is 4.15. The highest BCUT2D eigenvalue weighted by molar-refractivity contribution is 6.17. The second kappa shape index (κ2) is 6.22. The third-order valence-corrected chi connectivity index (χ3v) is 3.63. The first kappa shape index (κ1) is 14.0. The molecule has 3 aromatic heterocycles. The van der Waals surface area contributed by atoms with E-state index >= 15 is 0 Å². The van der Waals surface area contributed by atoms with Crippen molar-refractivity contribution in [3.63, 3.8) is 0 Å². The molecule has 0 radical (unpaired) electrons. The van der Waals surface area contributed by atoms with Crippen LogP contribution in [0.2, 0.25) is 0 Å². The quantitative estimate of drug-likeness (QED) is 0.680. The van der Waals surface area contributed by atoms with Crippen LogP contribution in [-0.2, 0) is 19.4 Å². The van der Waals surface area contributed by atoms with Gasteiger partial charge < -0.3 is 4.57 Å². The first-order valence-electron chi connectivity index (χ1n) is 7.05. The fourth-order valence-electron chi connectivity index (χ4n) is 2.44. The number of pyridine rings is 2. The van der Waals surface area contributed by atoms with Gasteiger partial charge in [0.1, 0.15) is 11.3 Å². The van der Waals surface area contributed by atoms with E-state index in [-0.39, 0.29) is 0 Å². The Hall–Kier alpha value is -1.94. The number of fused-ring (bicyclic) bond motifs is 1. The van der Waals surface area contributed by atoms with Crippen molar-refractivity contribution in [2.45, 2.75) is 26.3 Å². The zero-order valence-corrected chi connectivity index (χ0v) is 12.7. The van der Waals surface area contributed by atoms with Gasteiger partial charge in [0.15, 0.2) is 5.65 Å². The smallest absolute Gasteiger partial charge is 0.160 e. The first-order valence-corrected chi connectivity index (χ1v) is 7.59. The molecule has 0 fully saturated rings. The van der Waals surface area contributed by atoms with Gasteiger partial charge in [-0.05, 0) is 30.7 Å². The number of imidazole rings is 1. The van der Waals surface area contributed by atoms with Gasteiger partial charge in [-0.1, -0.05) is 6.07 Å². The average molecular weight is 301 g/mol. The van der Waals surface area contributed by atoms with Gasteiger partial charge in [0, 0.05) is 43.4 Å². The first-order chi connectivity index (χ1) is 10.3. The third-order valence-electron chi connectivity index (χ3n) is 3.44. The monoisotopic (exact) mass is 300 g/mol. The third kappa shape index (κ3) is 3.05. The van der Waals surface area contributed by atoms with Crippen LogP contribution in [0.4, 0.5) is 0 Å². The van der Waals surface area contributed by atoms with Gasteiger partial charge in [-0.2, -0.15) is 0 Å². The molecular weight excluding hydrogens is 284 g/mol. The van der Waals surface area contributed by atoms with Crippen LogP contribution in [0.25, 0.3) is 11.2 Å². The zero-order valence-electron chi connectivity index (χ0n) is 12.0. The van der Waals surface area contributed by atoms with Crippen molar-refractivity contribution in [2.75, 3.05) is 5.88 Å². The summed E-state index contributed by atoms with van der Waals surface area (Å²) in [5.41, 5.74) is 4.06. The summed E-state index contributed by atoms with van der Waals surface area (Å²) in [5.74, 6) is 1.56. The molecule has 5 heteroatoms. The fraction of sp³-hybridized carbons (Fsp3) is 0.312. The number of rotatable bonds is 5. The highest BCUT2D eigenvalue weighted by atomic mass is 35.5. The van der Waals surface area contributed by atoms with Crippen LogP contribution in [0.15, 0.2) is 36.7 Å². The van der Waals surface area contributed by atoms with Crippen molar-refractivity contribution in [3.05, 3.63) is 53.7 Å². The molecule has 3 aromatic rings. The molecule has 21 heavy (non-hydrogen) atoms. The molecule has 3 rings (SSSR count). The van der Waals surface area contributed by atoms with Crippen LogP contribution < -0.4 is 0 Å². The predicted molar refractivity (Wildman–Crippen MR) is 84.6 cm³/mol. The van der Waals surface area contributed by atoms with Gasteiger partial charge in [-0.3, -0.25) is 4.98 Å². The van der Waals surface area contributed by atoms with Crippen molar-refractivity contribution in [1.29, 1.82) is 0 Å². The lowest BCUT2D eigenvalue weighted by molar-refractivity contribution is 0.661. The maximum absolute atomic E-state index is 5.90. The number of aromatic nitrogens is 4. The van der Waals surface area contributed by atoms with Crippen molar-refractivity contribution in [1.82, 2.24) is 19.5 Å². The van der Waals surface area contributed by atoms with Crippen molar-refractivity contribution < 1.29 is 0 Å². The molecule has 0 amide bonds. The molecule has 4 nitrogen and oxygen atoms in total. The van der Waals surface area contributed by atoms with Gasteiger partial charge in [0.2, 0.25) is 0 Å². The lowest BCUT2D eigenvalue weighted by Gasteiger charge is -2.07. The molecule has 0 saturated heterocycles. The second-order valence-corrected chi connectivity index (χ2v) is 5.42. The van der Waals surface area contributed by atoms with Crippen molar-refractivity contribution in [2.24, 2.45) is 0 Å². The Balaban J connectivity index is 1.93. The molecule has 0 atom stereocenters. The van der Waals surface area contributed by atoms with Crippen molar-refractivity contribution in [3.8, 4) is 0 Å². The maximum Gasteiger partial charge on any atom is 0.160 e. The van der Waals surface area contributed by atoms with E-state index in [1.165, 1.54) is 0 Å². The predicted octanol–water partition coefficient (Wildman–Crippen LogP) is 3.16. The van der Waals surface area contributed by atoms with Gasteiger partial charge >= 0.3 is 0 Å². The molecule has 108 valence electrons. The van der Waals surface area contributed by atoms with E-state index in [2.05, 4.69) is 25.6 Å². The molecule has 0 aliphatic carbocycles. The van der Waals surface area contributed by atoms with E-state index in [0.717, 1.165) is 47.6 Å². The summed E-state index contributed by atoms with van der Waals surface area (Å²) in [7, 11) is 0. The zero-order chi connectivity index (χ0) is 14.7. The summed E-state index contributed by atoms with van der Waals surface area (Å²) in [6.07, 6.45) is 5.31. The molecule has 0 aliphatic heterocycles. The summed E-state index contributed by atoms with van der Waals surface area (Å²) in [5, 5.41) is 0. The Morgan fingerprint density at radius 3 is 2.86 bits per heavy atom. The lowest BCUT2D eigenvalue weighted by atomic mass is 10.2. The molecule has 0 saturated carbocycles. The Morgan fingerprint density at radius 1 is 1.19 bits per heavy atom. The highest BCUT2D eigenvalue weighted by Gasteiger charge is 2.11. The lowest BCUT2D eigenvalue weighted by Crippen LogP contribution is -2.08. The molecule has 3 heterocycles. The highest BCUT2D eigenvalue weighted by Crippen LogP contribution is 2.17. The molecule has 0 aliphatic rings. The number of halogens is 1. The van der Waals surface area contributed by atoms with E-state index in [1.807, 2.05) is 37.5 Å². The van der Waals surface area contributed by atoms with Gasteiger partial charge in [0.05, 0.1) is 0 Å². The number of nitrogens with zero attached hydrogens (tertiary/aromatic N) is 4. The topological polar surface area (TPSA) is 43.6 Å². The number of hydrogen-bond acceptors (Lipinski definition) is 3. The minimum atomic E-state index is 0.561. The average Bonchev–Trinajstić information content (AvgIpc) is 2.83. The maximum atomic E-state index is 5.90. The Labute approximate surface area is 128 Å². The normalized spacial score (nSPS) is 11.1. The van der Waals surface area contributed by atoms with Crippen LogP contribution in [0, 0.1) is 6.92 Å². The van der Waals surface area contributed by atoms with Crippen molar-refractivity contribution >= 4 is 22.8 Å². The van der Waals surface area contributed by atoms with Gasteiger partial charge in [-0.25, -0.2) is 9.97 Å². The summed E-state index contributed by atoms with van der Waals surface area (Å²) < 4.78 is 2.16. The molecule has 0 bridgehead atoms. The molecular formula is C16H17ClN4. The Morgan fingerprint density at radius 2 is 2.10 bits per heavy atom. The Bertz CT molecular complexity index is 737. The number of hydrogen-bond donors (Lipinski definition) is 0. The number of alkyl halides is 1. The van der Waals surface area contributed by atoms with Crippen LogP contribution in [-0.4, -0.2) is 25.4 Å². The van der Waals surface area contributed by atoms with Crippen LogP contribution in [0.3, 0.4) is 0 Å². The van der Waals surface area contributed by atoms with Gasteiger partial charge in [0.25, 0.3) is 0 Å². The van der Waals surface area contributed by atoms with Gasteiger partial charge in [-0.15, -0.1) is 11.6 Å². The van der Waals surface area contributed by atoms with E-state index in [4.69, 9.17) is 11.6 Å². The minimum absolute atomic E-state index is 0.561. The van der Waals surface area contributed by atoms with E-state index < -0.39 is 0 Å². The van der Waals surface area contributed by atoms with E-state index in [9.17, 15) is 0 Å². The number of aryl methyl sites for hydroxylation is 4. The van der Waals surface area contributed by atoms with Crippen LogP contribution in [0.5, 0.6) is 0 Å². The summed E-state index contributed by atoms with van der Waals surface area (Å²) in [6, 6.07) is 8.05. The summed E-state index contributed by atoms with van der Waals surface area (Å²) >= 11 is 5.90. The standard InChI is InChI=1S/C16H17ClN4/c1-12-10-14-16(19-11-12)21(15(20-14)5-7-17)9-6-13-4-2-3-8-18-13/h2-4,8,10-11H,5-7,9H2,1H3. The second-order valence-electron chi connectivity index (χ2n) is 5.05. The molecule has 0 spiro atoms. The molecule has 0 N–H and O–H groups in total. The largest absolute Gasteiger partial charge is 0.312 e. The summed E-state index contributed by atoms with van der Waals surface area (Å²) in [4.78, 5) is 13.6. The van der Waals surface area contributed by atoms with Crippen LogP contribution >= 0.6 is 11.6 Å². The fourth-order valence-corrected chi connectivity index (χ4v) is 2.61. The van der Waals surface area contributed by atoms with E-state index in [0.29, 0.717) is 5.88 Å². The minimum Gasteiger partial charge on any atom is -0.312 e. The summed E-state index contributed by atoms with van der Waals surface area (Å²) in [6.45, 7) is 2.84.